The van der Waals surface area contributed by atoms with Gasteiger partial charge >= 0.3 is 5.97 Å². The third kappa shape index (κ3) is 5.63. The number of esters is 1. The Morgan fingerprint density at radius 1 is 1.08 bits per heavy atom. The first-order valence-electron chi connectivity index (χ1n) is 11.2. The average Bonchev–Trinajstić information content (AvgIpc) is 3.20. The van der Waals surface area contributed by atoms with E-state index >= 15 is 0 Å². The summed E-state index contributed by atoms with van der Waals surface area (Å²) < 4.78 is 17.8. The van der Waals surface area contributed by atoms with Crippen molar-refractivity contribution in [3.8, 4) is 11.5 Å². The Morgan fingerprint density at radius 3 is 2.53 bits per heavy atom. The van der Waals surface area contributed by atoms with Crippen LogP contribution in [0, 0.1) is 24.0 Å². The topological polar surface area (TPSA) is 100 Å². The maximum atomic E-state index is 12.5. The Balaban J connectivity index is 1.62. The molecule has 36 heavy (non-hydrogen) atoms. The highest BCUT2D eigenvalue weighted by Gasteiger charge is 2.26. The number of carbonyl (C=O) groups excluding carboxylic acids is 1. The Bertz CT molecular complexity index is 1400. The summed E-state index contributed by atoms with van der Waals surface area (Å²) in [6.45, 7) is 6.32. The first-order chi connectivity index (χ1) is 17.2. The zero-order chi connectivity index (χ0) is 25.8. The molecule has 0 saturated heterocycles. The van der Waals surface area contributed by atoms with Crippen molar-refractivity contribution in [2.75, 3.05) is 6.61 Å². The second-order valence-corrected chi connectivity index (χ2v) is 8.99. The zero-order valence-electron chi connectivity index (χ0n) is 19.9. The number of rotatable bonds is 8. The van der Waals surface area contributed by atoms with Gasteiger partial charge in [-0.3, -0.25) is 10.1 Å². The van der Waals surface area contributed by atoms with Crippen molar-refractivity contribution < 1.29 is 23.9 Å². The summed E-state index contributed by atoms with van der Waals surface area (Å²) in [7, 11) is 0. The standard InChI is InChI=1S/C27H23BrN2O6/c1-4-34-24-13-19(11-21(28)25(24)35-15-18-8-5-16(2)6-9-18)12-22-27(31)36-26(29-22)20-10-7-17(3)23(14-20)30(32)33/h5-14H,4,15H2,1-3H3/b22-12-. The summed E-state index contributed by atoms with van der Waals surface area (Å²) >= 11 is 3.54. The number of halogens is 1. The molecule has 0 aliphatic carbocycles. The third-order valence-corrected chi connectivity index (χ3v) is 6.00. The van der Waals surface area contributed by atoms with E-state index in [-0.39, 0.29) is 17.3 Å². The quantitative estimate of drug-likeness (QED) is 0.141. The molecule has 9 heteroatoms. The highest BCUT2D eigenvalue weighted by molar-refractivity contribution is 9.10. The van der Waals surface area contributed by atoms with Gasteiger partial charge in [0.25, 0.3) is 5.69 Å². The van der Waals surface area contributed by atoms with E-state index in [4.69, 9.17) is 14.2 Å². The van der Waals surface area contributed by atoms with Crippen LogP contribution in [0.2, 0.25) is 0 Å². The lowest BCUT2D eigenvalue weighted by Crippen LogP contribution is -2.06. The van der Waals surface area contributed by atoms with Gasteiger partial charge in [-0.25, -0.2) is 9.79 Å². The van der Waals surface area contributed by atoms with E-state index in [9.17, 15) is 14.9 Å². The largest absolute Gasteiger partial charge is 0.490 e. The predicted molar refractivity (Wildman–Crippen MR) is 139 cm³/mol. The fourth-order valence-corrected chi connectivity index (χ4v) is 4.12. The van der Waals surface area contributed by atoms with Crippen LogP contribution in [0.5, 0.6) is 11.5 Å². The van der Waals surface area contributed by atoms with Crippen molar-refractivity contribution in [1.29, 1.82) is 0 Å². The summed E-state index contributed by atoms with van der Waals surface area (Å²) in [4.78, 5) is 27.5. The number of nitro benzene ring substituents is 1. The fraction of sp³-hybridized carbons (Fsp3) is 0.185. The minimum atomic E-state index is -0.651. The molecule has 0 bridgehead atoms. The summed E-state index contributed by atoms with van der Waals surface area (Å²) in [6, 6.07) is 16.2. The molecule has 8 nitrogen and oxygen atoms in total. The number of carbonyl (C=O) groups is 1. The van der Waals surface area contributed by atoms with E-state index in [0.29, 0.717) is 45.9 Å². The van der Waals surface area contributed by atoms with E-state index < -0.39 is 10.9 Å². The predicted octanol–water partition coefficient (Wildman–Crippen LogP) is 6.30. The number of hydrogen-bond acceptors (Lipinski definition) is 7. The monoisotopic (exact) mass is 550 g/mol. The molecular weight excluding hydrogens is 528 g/mol. The lowest BCUT2D eigenvalue weighted by molar-refractivity contribution is -0.385. The van der Waals surface area contributed by atoms with Crippen LogP contribution >= 0.6 is 15.9 Å². The van der Waals surface area contributed by atoms with Crippen molar-refractivity contribution >= 4 is 39.6 Å². The van der Waals surface area contributed by atoms with Gasteiger partial charge in [0.2, 0.25) is 5.90 Å². The second kappa shape index (κ2) is 10.7. The summed E-state index contributed by atoms with van der Waals surface area (Å²) in [6.07, 6.45) is 1.56. The molecule has 0 N–H and O–H groups in total. The van der Waals surface area contributed by atoms with Gasteiger partial charge in [0.1, 0.15) is 6.61 Å². The number of aryl methyl sites for hydroxylation is 2. The molecular formula is C27H23BrN2O6. The minimum absolute atomic E-state index is 0.0106. The number of hydrogen-bond donors (Lipinski definition) is 0. The number of nitro groups is 1. The van der Waals surface area contributed by atoms with E-state index in [1.165, 1.54) is 11.6 Å². The van der Waals surface area contributed by atoms with E-state index in [1.807, 2.05) is 38.1 Å². The van der Waals surface area contributed by atoms with Crippen LogP contribution in [-0.2, 0) is 16.1 Å². The summed E-state index contributed by atoms with van der Waals surface area (Å²) in [5.41, 5.74) is 3.67. The molecule has 0 saturated carbocycles. The zero-order valence-corrected chi connectivity index (χ0v) is 21.5. The molecule has 1 heterocycles. The molecule has 0 radical (unpaired) electrons. The van der Waals surface area contributed by atoms with Crippen LogP contribution in [0.1, 0.15) is 34.7 Å². The van der Waals surface area contributed by atoms with Gasteiger partial charge in [-0.15, -0.1) is 0 Å². The van der Waals surface area contributed by atoms with Crippen LogP contribution in [0.4, 0.5) is 5.69 Å². The first-order valence-corrected chi connectivity index (χ1v) is 12.0. The smallest absolute Gasteiger partial charge is 0.363 e. The Kier molecular flexibility index (Phi) is 7.49. The molecule has 0 atom stereocenters. The SMILES string of the molecule is CCOc1cc(/C=C2\N=C(c3ccc(C)c([N+](=O)[O-])c3)OC2=O)cc(Br)c1OCc1ccc(C)cc1. The molecule has 3 aromatic rings. The molecule has 3 aromatic carbocycles. The number of benzene rings is 3. The minimum Gasteiger partial charge on any atom is -0.490 e. The van der Waals surface area contributed by atoms with Gasteiger partial charge in [0.15, 0.2) is 17.2 Å². The Morgan fingerprint density at radius 2 is 1.83 bits per heavy atom. The van der Waals surface area contributed by atoms with Crippen LogP contribution in [0.3, 0.4) is 0 Å². The second-order valence-electron chi connectivity index (χ2n) is 8.13. The number of ether oxygens (including phenoxy) is 3. The lowest BCUT2D eigenvalue weighted by Gasteiger charge is -2.15. The van der Waals surface area contributed by atoms with Crippen LogP contribution in [-0.4, -0.2) is 23.4 Å². The Hall–Kier alpha value is -3.98. The van der Waals surface area contributed by atoms with Crippen LogP contribution in [0.25, 0.3) is 6.08 Å². The molecule has 0 aromatic heterocycles. The molecule has 4 rings (SSSR count). The molecule has 0 amide bonds. The van der Waals surface area contributed by atoms with Gasteiger partial charge in [-0.1, -0.05) is 35.9 Å². The molecule has 0 spiro atoms. The van der Waals surface area contributed by atoms with Crippen LogP contribution < -0.4 is 9.47 Å². The van der Waals surface area contributed by atoms with Crippen molar-refractivity contribution in [2.45, 2.75) is 27.4 Å². The van der Waals surface area contributed by atoms with Crippen molar-refractivity contribution in [1.82, 2.24) is 0 Å². The molecule has 184 valence electrons. The normalized spacial score (nSPS) is 13.9. The van der Waals surface area contributed by atoms with Gasteiger partial charge in [0, 0.05) is 17.2 Å². The van der Waals surface area contributed by atoms with Gasteiger partial charge < -0.3 is 14.2 Å². The first kappa shape index (κ1) is 25.1. The van der Waals surface area contributed by atoms with Crippen molar-refractivity contribution in [3.63, 3.8) is 0 Å². The molecule has 0 fully saturated rings. The van der Waals surface area contributed by atoms with Gasteiger partial charge in [-0.2, -0.15) is 0 Å². The maximum absolute atomic E-state index is 12.5. The lowest BCUT2D eigenvalue weighted by atomic mass is 10.1. The van der Waals surface area contributed by atoms with Gasteiger partial charge in [0.05, 0.1) is 16.0 Å². The molecule has 1 aliphatic rings. The van der Waals surface area contributed by atoms with E-state index in [0.717, 1.165) is 5.56 Å². The van der Waals surface area contributed by atoms with Gasteiger partial charge in [-0.05, 0) is 72.1 Å². The van der Waals surface area contributed by atoms with Crippen LogP contribution in [0.15, 0.2) is 69.8 Å². The van der Waals surface area contributed by atoms with Crippen molar-refractivity contribution in [2.24, 2.45) is 4.99 Å². The van der Waals surface area contributed by atoms with Crippen molar-refractivity contribution in [3.05, 3.63) is 103 Å². The number of nitrogens with zero attached hydrogens (tertiary/aromatic N) is 2. The fourth-order valence-electron chi connectivity index (χ4n) is 3.54. The number of cyclic esters (lactones) is 1. The van der Waals surface area contributed by atoms with E-state index in [2.05, 4.69) is 20.9 Å². The Labute approximate surface area is 216 Å². The summed E-state index contributed by atoms with van der Waals surface area (Å²) in [5.74, 6) is 0.416. The molecule has 0 unspecified atom stereocenters. The number of aliphatic imine (C=N–C) groups is 1. The van der Waals surface area contributed by atoms with E-state index in [1.54, 1.807) is 37.3 Å². The highest BCUT2D eigenvalue weighted by atomic mass is 79.9. The highest BCUT2D eigenvalue weighted by Crippen LogP contribution is 2.38. The third-order valence-electron chi connectivity index (χ3n) is 5.41. The average molecular weight is 551 g/mol. The molecule has 1 aliphatic heterocycles. The maximum Gasteiger partial charge on any atom is 0.363 e. The summed E-state index contributed by atoms with van der Waals surface area (Å²) in [5, 5.41) is 11.3.